The van der Waals surface area contributed by atoms with Crippen LogP contribution in [0.5, 0.6) is 0 Å². The number of H-pyrrole nitrogens is 1. The number of para-hydroxylation sites is 1. The summed E-state index contributed by atoms with van der Waals surface area (Å²) < 4.78 is 0. The minimum atomic E-state index is -0.115. The van der Waals surface area contributed by atoms with E-state index in [0.717, 1.165) is 27.7 Å². The molecule has 5 heteroatoms. The number of carbonyl (C=O) groups is 2. The van der Waals surface area contributed by atoms with Crippen LogP contribution in [0.15, 0.2) is 48.5 Å². The standard InChI is InChI=1S/C21H23N3O2/c1-14-18(17-6-4-5-7-19(17)23-14)12-20(25)24(3)13-15-8-10-16(11-9-15)21(26)22-2/h4-11,23H,12-13H2,1-3H3,(H,22,26). The van der Waals surface area contributed by atoms with Crippen LogP contribution in [0.1, 0.15) is 27.2 Å². The number of fused-ring (bicyclic) bond motifs is 1. The first kappa shape index (κ1) is 17.7. The van der Waals surface area contributed by atoms with Crippen molar-refractivity contribution < 1.29 is 9.59 Å². The number of amides is 2. The number of benzene rings is 2. The summed E-state index contributed by atoms with van der Waals surface area (Å²) in [6.07, 6.45) is 0.364. The van der Waals surface area contributed by atoms with Crippen LogP contribution >= 0.6 is 0 Å². The SMILES string of the molecule is CNC(=O)c1ccc(CN(C)C(=O)Cc2c(C)[nH]c3ccccc23)cc1. The Hall–Kier alpha value is -3.08. The van der Waals surface area contributed by atoms with Crippen LogP contribution in [0, 0.1) is 6.92 Å². The number of likely N-dealkylation sites (N-methyl/N-ethyl adjacent to an activating group) is 1. The van der Waals surface area contributed by atoms with Crippen molar-refractivity contribution in [3.8, 4) is 0 Å². The molecular weight excluding hydrogens is 326 g/mol. The summed E-state index contributed by atoms with van der Waals surface area (Å²) in [5.41, 5.74) is 4.74. The van der Waals surface area contributed by atoms with Gasteiger partial charge in [0.15, 0.2) is 0 Å². The minimum absolute atomic E-state index is 0.0632. The molecule has 2 aromatic carbocycles. The highest BCUT2D eigenvalue weighted by atomic mass is 16.2. The Kier molecular flexibility index (Phi) is 5.07. The summed E-state index contributed by atoms with van der Waals surface area (Å²) in [5, 5.41) is 3.70. The summed E-state index contributed by atoms with van der Waals surface area (Å²) in [5.74, 6) is -0.0518. The lowest BCUT2D eigenvalue weighted by atomic mass is 10.1. The molecule has 3 rings (SSSR count). The monoisotopic (exact) mass is 349 g/mol. The number of nitrogens with one attached hydrogen (secondary N) is 2. The van der Waals surface area contributed by atoms with E-state index in [1.54, 1.807) is 31.1 Å². The van der Waals surface area contributed by atoms with Gasteiger partial charge in [-0.1, -0.05) is 30.3 Å². The lowest BCUT2D eigenvalue weighted by Crippen LogP contribution is -2.28. The van der Waals surface area contributed by atoms with Gasteiger partial charge in [0.25, 0.3) is 5.91 Å². The molecule has 0 aliphatic rings. The number of aromatic nitrogens is 1. The van der Waals surface area contributed by atoms with E-state index in [4.69, 9.17) is 0 Å². The van der Waals surface area contributed by atoms with Gasteiger partial charge in [-0.05, 0) is 36.2 Å². The van der Waals surface area contributed by atoms with Crippen LogP contribution < -0.4 is 5.32 Å². The van der Waals surface area contributed by atoms with Crippen LogP contribution in [0.2, 0.25) is 0 Å². The van der Waals surface area contributed by atoms with Crippen molar-refractivity contribution in [3.05, 3.63) is 70.9 Å². The molecule has 0 aliphatic carbocycles. The van der Waals surface area contributed by atoms with Gasteiger partial charge in [-0.15, -0.1) is 0 Å². The molecule has 1 heterocycles. The van der Waals surface area contributed by atoms with Crippen LogP contribution in [-0.2, 0) is 17.8 Å². The van der Waals surface area contributed by atoms with Gasteiger partial charge in [-0.25, -0.2) is 0 Å². The Balaban J connectivity index is 1.69. The van der Waals surface area contributed by atoms with Gasteiger partial charge in [0.05, 0.1) is 6.42 Å². The third kappa shape index (κ3) is 3.61. The summed E-state index contributed by atoms with van der Waals surface area (Å²) in [6, 6.07) is 15.3. The van der Waals surface area contributed by atoms with Gasteiger partial charge in [-0.3, -0.25) is 9.59 Å². The average Bonchev–Trinajstić information content (AvgIpc) is 2.97. The number of carbonyl (C=O) groups excluding carboxylic acids is 2. The maximum Gasteiger partial charge on any atom is 0.251 e. The molecule has 0 fully saturated rings. The summed E-state index contributed by atoms with van der Waals surface area (Å²) in [4.78, 5) is 29.3. The van der Waals surface area contributed by atoms with E-state index in [0.29, 0.717) is 18.5 Å². The van der Waals surface area contributed by atoms with E-state index < -0.39 is 0 Å². The number of hydrogen-bond acceptors (Lipinski definition) is 2. The van der Waals surface area contributed by atoms with Gasteiger partial charge < -0.3 is 15.2 Å². The molecule has 0 spiro atoms. The Morgan fingerprint density at radius 1 is 1.08 bits per heavy atom. The lowest BCUT2D eigenvalue weighted by molar-refractivity contribution is -0.129. The molecule has 0 saturated heterocycles. The van der Waals surface area contributed by atoms with Crippen molar-refractivity contribution in [1.29, 1.82) is 0 Å². The maximum absolute atomic E-state index is 12.7. The van der Waals surface area contributed by atoms with Crippen molar-refractivity contribution in [1.82, 2.24) is 15.2 Å². The fraction of sp³-hybridized carbons (Fsp3) is 0.238. The quantitative estimate of drug-likeness (QED) is 0.744. The zero-order valence-electron chi connectivity index (χ0n) is 15.3. The molecule has 134 valence electrons. The van der Waals surface area contributed by atoms with Crippen molar-refractivity contribution in [2.45, 2.75) is 19.9 Å². The normalized spacial score (nSPS) is 10.7. The molecule has 2 amide bonds. The van der Waals surface area contributed by atoms with Crippen LogP contribution in [-0.4, -0.2) is 35.8 Å². The molecule has 2 N–H and O–H groups in total. The molecule has 1 aromatic heterocycles. The fourth-order valence-electron chi connectivity index (χ4n) is 3.12. The summed E-state index contributed by atoms with van der Waals surface area (Å²) in [7, 11) is 3.41. The number of rotatable bonds is 5. The number of aromatic amines is 1. The second-order valence-corrected chi connectivity index (χ2v) is 6.48. The van der Waals surface area contributed by atoms with E-state index in [-0.39, 0.29) is 11.8 Å². The van der Waals surface area contributed by atoms with E-state index >= 15 is 0 Å². The highest BCUT2D eigenvalue weighted by Crippen LogP contribution is 2.23. The molecule has 0 atom stereocenters. The van der Waals surface area contributed by atoms with E-state index in [2.05, 4.69) is 10.3 Å². The van der Waals surface area contributed by atoms with E-state index in [9.17, 15) is 9.59 Å². The fourth-order valence-corrected chi connectivity index (χ4v) is 3.12. The van der Waals surface area contributed by atoms with Gasteiger partial charge in [0, 0.05) is 42.8 Å². The predicted molar refractivity (Wildman–Crippen MR) is 103 cm³/mol. The molecule has 26 heavy (non-hydrogen) atoms. The maximum atomic E-state index is 12.7. The number of hydrogen-bond donors (Lipinski definition) is 2. The summed E-state index contributed by atoms with van der Waals surface area (Å²) >= 11 is 0. The lowest BCUT2D eigenvalue weighted by Gasteiger charge is -2.17. The average molecular weight is 349 g/mol. The first-order chi connectivity index (χ1) is 12.5. The molecule has 3 aromatic rings. The molecular formula is C21H23N3O2. The Morgan fingerprint density at radius 2 is 1.77 bits per heavy atom. The number of aryl methyl sites for hydroxylation is 1. The molecule has 0 aliphatic heterocycles. The predicted octanol–water partition coefficient (Wildman–Crippen LogP) is 3.04. The second-order valence-electron chi connectivity index (χ2n) is 6.48. The Morgan fingerprint density at radius 3 is 2.46 bits per heavy atom. The van der Waals surface area contributed by atoms with Gasteiger partial charge in [0.2, 0.25) is 5.91 Å². The first-order valence-electron chi connectivity index (χ1n) is 8.60. The van der Waals surface area contributed by atoms with Crippen molar-refractivity contribution in [3.63, 3.8) is 0 Å². The minimum Gasteiger partial charge on any atom is -0.358 e. The van der Waals surface area contributed by atoms with Crippen LogP contribution in [0.3, 0.4) is 0 Å². The van der Waals surface area contributed by atoms with Crippen molar-refractivity contribution in [2.75, 3.05) is 14.1 Å². The van der Waals surface area contributed by atoms with E-state index in [1.165, 1.54) is 0 Å². The molecule has 0 radical (unpaired) electrons. The summed E-state index contributed by atoms with van der Waals surface area (Å²) in [6.45, 7) is 2.51. The Bertz CT molecular complexity index is 942. The topological polar surface area (TPSA) is 65.2 Å². The largest absolute Gasteiger partial charge is 0.358 e. The number of nitrogens with zero attached hydrogens (tertiary/aromatic N) is 1. The first-order valence-corrected chi connectivity index (χ1v) is 8.60. The zero-order valence-corrected chi connectivity index (χ0v) is 15.3. The third-order valence-electron chi connectivity index (χ3n) is 4.64. The third-order valence-corrected chi connectivity index (χ3v) is 4.64. The smallest absolute Gasteiger partial charge is 0.251 e. The van der Waals surface area contributed by atoms with Crippen molar-refractivity contribution >= 4 is 22.7 Å². The van der Waals surface area contributed by atoms with Crippen molar-refractivity contribution in [2.24, 2.45) is 0 Å². The van der Waals surface area contributed by atoms with E-state index in [1.807, 2.05) is 43.3 Å². The second kappa shape index (κ2) is 7.44. The molecule has 0 unspecified atom stereocenters. The zero-order chi connectivity index (χ0) is 18.7. The molecule has 0 bridgehead atoms. The van der Waals surface area contributed by atoms with Gasteiger partial charge in [-0.2, -0.15) is 0 Å². The Labute approximate surface area is 153 Å². The van der Waals surface area contributed by atoms with Crippen LogP contribution in [0.4, 0.5) is 0 Å². The molecule has 0 saturated carbocycles. The van der Waals surface area contributed by atoms with Gasteiger partial charge >= 0.3 is 0 Å². The van der Waals surface area contributed by atoms with Crippen LogP contribution in [0.25, 0.3) is 10.9 Å². The highest BCUT2D eigenvalue weighted by molar-refractivity contribution is 5.94. The van der Waals surface area contributed by atoms with Gasteiger partial charge in [0.1, 0.15) is 0 Å². The molecule has 5 nitrogen and oxygen atoms in total. The highest BCUT2D eigenvalue weighted by Gasteiger charge is 2.15.